The van der Waals surface area contributed by atoms with E-state index in [1.54, 1.807) is 12.4 Å². The number of fused-ring (bicyclic) bond motifs is 1. The SMILES string of the molecule is CCCc1ncc2c(Cl)nccn12. The van der Waals surface area contributed by atoms with Crippen LogP contribution in [0.5, 0.6) is 0 Å². The molecule has 13 heavy (non-hydrogen) atoms. The van der Waals surface area contributed by atoms with E-state index in [2.05, 4.69) is 16.9 Å². The zero-order chi connectivity index (χ0) is 9.26. The first-order valence-electron chi connectivity index (χ1n) is 4.29. The molecule has 2 aromatic rings. The molecule has 68 valence electrons. The van der Waals surface area contributed by atoms with Crippen LogP contribution >= 0.6 is 11.6 Å². The lowest BCUT2D eigenvalue weighted by atomic mass is 10.3. The summed E-state index contributed by atoms with van der Waals surface area (Å²) in [5, 5.41) is 0.511. The van der Waals surface area contributed by atoms with E-state index in [1.807, 2.05) is 10.6 Å². The van der Waals surface area contributed by atoms with E-state index in [1.165, 1.54) is 0 Å². The van der Waals surface area contributed by atoms with Crippen LogP contribution in [0.15, 0.2) is 18.6 Å². The van der Waals surface area contributed by atoms with Gasteiger partial charge < -0.3 is 0 Å². The maximum Gasteiger partial charge on any atom is 0.154 e. The van der Waals surface area contributed by atoms with Crippen molar-refractivity contribution in [2.75, 3.05) is 0 Å². The number of aryl methyl sites for hydroxylation is 1. The van der Waals surface area contributed by atoms with Gasteiger partial charge in [-0.1, -0.05) is 18.5 Å². The van der Waals surface area contributed by atoms with Crippen LogP contribution in [0.4, 0.5) is 0 Å². The Morgan fingerprint density at radius 1 is 1.46 bits per heavy atom. The fourth-order valence-electron chi connectivity index (χ4n) is 1.36. The first-order valence-corrected chi connectivity index (χ1v) is 4.67. The van der Waals surface area contributed by atoms with Gasteiger partial charge in [-0.2, -0.15) is 0 Å². The summed E-state index contributed by atoms with van der Waals surface area (Å²) in [7, 11) is 0. The third-order valence-corrected chi connectivity index (χ3v) is 2.25. The van der Waals surface area contributed by atoms with Gasteiger partial charge in [0.05, 0.1) is 6.20 Å². The molecule has 0 saturated carbocycles. The second-order valence-electron chi connectivity index (χ2n) is 2.90. The molecule has 0 unspecified atom stereocenters. The highest BCUT2D eigenvalue weighted by Gasteiger charge is 2.04. The number of halogens is 1. The Morgan fingerprint density at radius 2 is 2.31 bits per heavy atom. The maximum atomic E-state index is 5.90. The molecule has 0 spiro atoms. The predicted octanol–water partition coefficient (Wildman–Crippen LogP) is 2.34. The van der Waals surface area contributed by atoms with Crippen molar-refractivity contribution in [3.63, 3.8) is 0 Å². The van der Waals surface area contributed by atoms with E-state index in [4.69, 9.17) is 11.6 Å². The molecule has 0 aromatic carbocycles. The van der Waals surface area contributed by atoms with Gasteiger partial charge in [-0.3, -0.25) is 4.40 Å². The number of hydrogen-bond acceptors (Lipinski definition) is 2. The van der Waals surface area contributed by atoms with Gasteiger partial charge in [-0.05, 0) is 6.42 Å². The molecule has 4 heteroatoms. The van der Waals surface area contributed by atoms with Crippen LogP contribution in [0.1, 0.15) is 19.2 Å². The molecule has 0 radical (unpaired) electrons. The lowest BCUT2D eigenvalue weighted by Crippen LogP contribution is -1.94. The average Bonchev–Trinajstić information content (AvgIpc) is 2.51. The van der Waals surface area contributed by atoms with E-state index in [0.29, 0.717) is 5.15 Å². The summed E-state index contributed by atoms with van der Waals surface area (Å²) >= 11 is 5.90. The lowest BCUT2D eigenvalue weighted by molar-refractivity contribution is 0.828. The van der Waals surface area contributed by atoms with Gasteiger partial charge in [0, 0.05) is 18.8 Å². The van der Waals surface area contributed by atoms with Crippen molar-refractivity contribution in [1.82, 2.24) is 14.4 Å². The van der Waals surface area contributed by atoms with Gasteiger partial charge in [0.2, 0.25) is 0 Å². The lowest BCUT2D eigenvalue weighted by Gasteiger charge is -1.98. The Morgan fingerprint density at radius 3 is 3.08 bits per heavy atom. The number of aromatic nitrogens is 3. The summed E-state index contributed by atoms with van der Waals surface area (Å²) in [6, 6.07) is 0. The molecular formula is C9H10ClN3. The molecular weight excluding hydrogens is 186 g/mol. The first kappa shape index (κ1) is 8.51. The van der Waals surface area contributed by atoms with E-state index >= 15 is 0 Å². The Kier molecular flexibility index (Phi) is 2.19. The van der Waals surface area contributed by atoms with E-state index in [-0.39, 0.29) is 0 Å². The molecule has 0 aliphatic carbocycles. The molecule has 0 fully saturated rings. The number of hydrogen-bond donors (Lipinski definition) is 0. The second-order valence-corrected chi connectivity index (χ2v) is 3.26. The van der Waals surface area contributed by atoms with Crippen molar-refractivity contribution in [1.29, 1.82) is 0 Å². The van der Waals surface area contributed by atoms with Crippen LogP contribution in [0.3, 0.4) is 0 Å². The minimum atomic E-state index is 0.511. The van der Waals surface area contributed by atoms with E-state index in [9.17, 15) is 0 Å². The molecule has 2 rings (SSSR count). The van der Waals surface area contributed by atoms with Crippen molar-refractivity contribution >= 4 is 17.1 Å². The largest absolute Gasteiger partial charge is 0.299 e. The zero-order valence-corrected chi connectivity index (χ0v) is 8.12. The van der Waals surface area contributed by atoms with Crippen molar-refractivity contribution in [2.45, 2.75) is 19.8 Å². The van der Waals surface area contributed by atoms with E-state index in [0.717, 1.165) is 24.2 Å². The molecule has 3 nitrogen and oxygen atoms in total. The van der Waals surface area contributed by atoms with Gasteiger partial charge in [-0.15, -0.1) is 0 Å². The third-order valence-electron chi connectivity index (χ3n) is 1.96. The first-order chi connectivity index (χ1) is 6.33. The Balaban J connectivity index is 2.61. The zero-order valence-electron chi connectivity index (χ0n) is 7.37. The molecule has 0 amide bonds. The topological polar surface area (TPSA) is 30.2 Å². The van der Waals surface area contributed by atoms with Gasteiger partial charge in [0.25, 0.3) is 0 Å². The van der Waals surface area contributed by atoms with Crippen LogP contribution in [0, 0.1) is 0 Å². The summed E-state index contributed by atoms with van der Waals surface area (Å²) in [5.41, 5.74) is 0.882. The second kappa shape index (κ2) is 3.34. The van der Waals surface area contributed by atoms with Gasteiger partial charge in [0.1, 0.15) is 11.3 Å². The summed E-state index contributed by atoms with van der Waals surface area (Å²) in [6.45, 7) is 2.13. The summed E-state index contributed by atoms with van der Waals surface area (Å²) in [5.74, 6) is 1.04. The highest BCUT2D eigenvalue weighted by atomic mass is 35.5. The summed E-state index contributed by atoms with van der Waals surface area (Å²) < 4.78 is 1.98. The summed E-state index contributed by atoms with van der Waals surface area (Å²) in [4.78, 5) is 8.27. The van der Waals surface area contributed by atoms with Crippen LogP contribution in [-0.4, -0.2) is 14.4 Å². The molecule has 0 aliphatic heterocycles. The van der Waals surface area contributed by atoms with Crippen molar-refractivity contribution in [2.24, 2.45) is 0 Å². The molecule has 2 aromatic heterocycles. The van der Waals surface area contributed by atoms with Crippen molar-refractivity contribution in [3.05, 3.63) is 29.6 Å². The van der Waals surface area contributed by atoms with Crippen molar-refractivity contribution in [3.8, 4) is 0 Å². The molecule has 0 aliphatic rings. The molecule has 0 saturated heterocycles. The molecule has 2 heterocycles. The minimum absolute atomic E-state index is 0.511. The molecule has 0 N–H and O–H groups in total. The monoisotopic (exact) mass is 195 g/mol. The normalized spacial score (nSPS) is 10.9. The Labute approximate surface area is 81.4 Å². The van der Waals surface area contributed by atoms with Gasteiger partial charge >= 0.3 is 0 Å². The summed E-state index contributed by atoms with van der Waals surface area (Å²) in [6.07, 6.45) is 7.39. The van der Waals surface area contributed by atoms with Gasteiger partial charge in [-0.25, -0.2) is 9.97 Å². The van der Waals surface area contributed by atoms with Crippen LogP contribution in [0.2, 0.25) is 5.15 Å². The highest BCUT2D eigenvalue weighted by molar-refractivity contribution is 6.32. The van der Waals surface area contributed by atoms with Crippen LogP contribution in [-0.2, 0) is 6.42 Å². The van der Waals surface area contributed by atoms with Crippen LogP contribution < -0.4 is 0 Å². The van der Waals surface area contributed by atoms with Crippen LogP contribution in [0.25, 0.3) is 5.52 Å². The Bertz CT molecular complexity index is 422. The number of nitrogens with zero attached hydrogens (tertiary/aromatic N) is 3. The minimum Gasteiger partial charge on any atom is -0.299 e. The Hall–Kier alpha value is -1.09. The highest BCUT2D eigenvalue weighted by Crippen LogP contribution is 2.15. The van der Waals surface area contributed by atoms with Gasteiger partial charge in [0.15, 0.2) is 5.15 Å². The fraction of sp³-hybridized carbons (Fsp3) is 0.333. The third kappa shape index (κ3) is 1.40. The predicted molar refractivity (Wildman–Crippen MR) is 52.0 cm³/mol. The van der Waals surface area contributed by atoms with Crippen molar-refractivity contribution < 1.29 is 0 Å². The standard InChI is InChI=1S/C9H10ClN3/c1-2-3-8-12-6-7-9(10)11-4-5-13(7)8/h4-6H,2-3H2,1H3. The number of rotatable bonds is 2. The quantitative estimate of drug-likeness (QED) is 0.737. The smallest absolute Gasteiger partial charge is 0.154 e. The van der Waals surface area contributed by atoms with E-state index < -0.39 is 0 Å². The fourth-order valence-corrected chi connectivity index (χ4v) is 1.55. The molecule has 0 bridgehead atoms. The maximum absolute atomic E-state index is 5.90. The average molecular weight is 196 g/mol. The molecule has 0 atom stereocenters. The number of imidazole rings is 1.